The van der Waals surface area contributed by atoms with Crippen molar-refractivity contribution in [1.82, 2.24) is 5.32 Å². The van der Waals surface area contributed by atoms with Gasteiger partial charge in [-0.3, -0.25) is 0 Å². The SMILES string of the molecule is CCNC(Cc1ccccc1OC)C(C)(C)CC. The van der Waals surface area contributed by atoms with Gasteiger partial charge < -0.3 is 10.1 Å². The molecule has 0 bridgehead atoms. The molecule has 102 valence electrons. The summed E-state index contributed by atoms with van der Waals surface area (Å²) in [5, 5.41) is 3.62. The maximum Gasteiger partial charge on any atom is 0.122 e. The Labute approximate surface area is 112 Å². The lowest BCUT2D eigenvalue weighted by Crippen LogP contribution is -2.43. The zero-order valence-corrected chi connectivity index (χ0v) is 12.4. The monoisotopic (exact) mass is 249 g/mol. The summed E-state index contributed by atoms with van der Waals surface area (Å²) in [6.45, 7) is 10.1. The molecule has 0 saturated heterocycles. The van der Waals surface area contributed by atoms with E-state index in [2.05, 4.69) is 45.1 Å². The van der Waals surface area contributed by atoms with Crippen LogP contribution in [0.1, 0.15) is 39.7 Å². The van der Waals surface area contributed by atoms with E-state index in [1.165, 1.54) is 12.0 Å². The van der Waals surface area contributed by atoms with Crippen molar-refractivity contribution in [3.05, 3.63) is 29.8 Å². The van der Waals surface area contributed by atoms with Gasteiger partial charge in [-0.15, -0.1) is 0 Å². The van der Waals surface area contributed by atoms with E-state index in [4.69, 9.17) is 4.74 Å². The van der Waals surface area contributed by atoms with E-state index in [1.54, 1.807) is 7.11 Å². The molecule has 0 radical (unpaired) electrons. The highest BCUT2D eigenvalue weighted by molar-refractivity contribution is 5.34. The van der Waals surface area contributed by atoms with Crippen molar-refractivity contribution in [3.63, 3.8) is 0 Å². The van der Waals surface area contributed by atoms with Crippen LogP contribution in [0.15, 0.2) is 24.3 Å². The van der Waals surface area contributed by atoms with Gasteiger partial charge >= 0.3 is 0 Å². The fraction of sp³-hybridized carbons (Fsp3) is 0.625. The molecule has 0 aliphatic carbocycles. The number of ether oxygens (including phenoxy) is 1. The van der Waals surface area contributed by atoms with Crippen LogP contribution in [0.25, 0.3) is 0 Å². The van der Waals surface area contributed by atoms with Crippen molar-refractivity contribution in [3.8, 4) is 5.75 Å². The van der Waals surface area contributed by atoms with Gasteiger partial charge in [0.05, 0.1) is 7.11 Å². The Hall–Kier alpha value is -1.02. The maximum atomic E-state index is 5.44. The molecule has 1 N–H and O–H groups in total. The van der Waals surface area contributed by atoms with Crippen LogP contribution < -0.4 is 10.1 Å². The van der Waals surface area contributed by atoms with Gasteiger partial charge in [0.2, 0.25) is 0 Å². The highest BCUT2D eigenvalue weighted by Gasteiger charge is 2.27. The minimum absolute atomic E-state index is 0.289. The fourth-order valence-corrected chi connectivity index (χ4v) is 2.21. The molecule has 1 atom stereocenters. The van der Waals surface area contributed by atoms with E-state index in [0.717, 1.165) is 18.7 Å². The van der Waals surface area contributed by atoms with Crippen molar-refractivity contribution < 1.29 is 4.74 Å². The molecule has 0 aliphatic heterocycles. The summed E-state index contributed by atoms with van der Waals surface area (Å²) in [5.41, 5.74) is 1.57. The zero-order chi connectivity index (χ0) is 13.6. The molecule has 1 aromatic carbocycles. The second-order valence-electron chi connectivity index (χ2n) is 5.47. The Balaban J connectivity index is 2.89. The second kappa shape index (κ2) is 6.79. The summed E-state index contributed by atoms with van der Waals surface area (Å²) in [6, 6.07) is 8.78. The van der Waals surface area contributed by atoms with Crippen molar-refractivity contribution in [1.29, 1.82) is 0 Å². The molecular weight excluding hydrogens is 222 g/mol. The number of hydrogen-bond acceptors (Lipinski definition) is 2. The van der Waals surface area contributed by atoms with E-state index in [1.807, 2.05) is 12.1 Å². The highest BCUT2D eigenvalue weighted by Crippen LogP contribution is 2.29. The molecule has 18 heavy (non-hydrogen) atoms. The minimum Gasteiger partial charge on any atom is -0.496 e. The van der Waals surface area contributed by atoms with Crippen molar-refractivity contribution in [2.45, 2.75) is 46.6 Å². The van der Waals surface area contributed by atoms with E-state index < -0.39 is 0 Å². The Bertz CT molecular complexity index is 360. The number of para-hydroxylation sites is 1. The van der Waals surface area contributed by atoms with Crippen molar-refractivity contribution in [2.24, 2.45) is 5.41 Å². The standard InChI is InChI=1S/C16H27NO/c1-6-16(3,4)15(17-7-2)12-13-10-8-9-11-14(13)18-5/h8-11,15,17H,6-7,12H2,1-5H3. The third-order valence-electron chi connectivity index (χ3n) is 3.92. The van der Waals surface area contributed by atoms with Crippen molar-refractivity contribution in [2.75, 3.05) is 13.7 Å². The molecule has 0 aliphatic rings. The molecule has 0 aromatic heterocycles. The first kappa shape index (κ1) is 15.0. The predicted octanol–water partition coefficient (Wildman–Crippen LogP) is 3.65. The summed E-state index contributed by atoms with van der Waals surface area (Å²) in [7, 11) is 1.74. The van der Waals surface area contributed by atoms with Crippen LogP contribution in [0.4, 0.5) is 0 Å². The van der Waals surface area contributed by atoms with E-state index in [9.17, 15) is 0 Å². The van der Waals surface area contributed by atoms with Gasteiger partial charge in [-0.1, -0.05) is 45.9 Å². The molecule has 0 heterocycles. The fourth-order valence-electron chi connectivity index (χ4n) is 2.21. The third-order valence-corrected chi connectivity index (χ3v) is 3.92. The number of likely N-dealkylation sites (N-methyl/N-ethyl adjacent to an activating group) is 1. The van der Waals surface area contributed by atoms with Gasteiger partial charge in [0.15, 0.2) is 0 Å². The number of methoxy groups -OCH3 is 1. The average molecular weight is 249 g/mol. The lowest BCUT2D eigenvalue weighted by molar-refractivity contribution is 0.231. The lowest BCUT2D eigenvalue weighted by Gasteiger charge is -2.34. The van der Waals surface area contributed by atoms with Gasteiger partial charge in [-0.2, -0.15) is 0 Å². The molecule has 1 rings (SSSR count). The van der Waals surface area contributed by atoms with Gasteiger partial charge in [-0.05, 0) is 36.4 Å². The Morgan fingerprint density at radius 3 is 2.44 bits per heavy atom. The molecule has 1 aromatic rings. The highest BCUT2D eigenvalue weighted by atomic mass is 16.5. The first-order valence-electron chi connectivity index (χ1n) is 6.90. The van der Waals surface area contributed by atoms with E-state index in [-0.39, 0.29) is 5.41 Å². The van der Waals surface area contributed by atoms with Crippen LogP contribution in [0.3, 0.4) is 0 Å². The second-order valence-corrected chi connectivity index (χ2v) is 5.47. The summed E-state index contributed by atoms with van der Waals surface area (Å²) in [6.07, 6.45) is 2.18. The first-order chi connectivity index (χ1) is 8.55. The van der Waals surface area contributed by atoms with Crippen LogP contribution in [0, 0.1) is 5.41 Å². The summed E-state index contributed by atoms with van der Waals surface area (Å²) < 4.78 is 5.44. The predicted molar refractivity (Wildman–Crippen MR) is 78.2 cm³/mol. The van der Waals surface area contributed by atoms with E-state index in [0.29, 0.717) is 6.04 Å². The van der Waals surface area contributed by atoms with E-state index >= 15 is 0 Å². The smallest absolute Gasteiger partial charge is 0.122 e. The summed E-state index contributed by atoms with van der Waals surface area (Å²) in [5.74, 6) is 0.993. The van der Waals surface area contributed by atoms with Crippen LogP contribution in [0.5, 0.6) is 5.75 Å². The summed E-state index contributed by atoms with van der Waals surface area (Å²) in [4.78, 5) is 0. The third kappa shape index (κ3) is 3.74. The van der Waals surface area contributed by atoms with Gasteiger partial charge in [0, 0.05) is 6.04 Å². The van der Waals surface area contributed by atoms with Gasteiger partial charge in [0.1, 0.15) is 5.75 Å². The lowest BCUT2D eigenvalue weighted by atomic mass is 9.79. The number of benzene rings is 1. The maximum absolute atomic E-state index is 5.44. The molecule has 0 fully saturated rings. The minimum atomic E-state index is 0.289. The van der Waals surface area contributed by atoms with Crippen molar-refractivity contribution >= 4 is 0 Å². The van der Waals surface area contributed by atoms with Crippen LogP contribution in [0.2, 0.25) is 0 Å². The Morgan fingerprint density at radius 2 is 1.89 bits per heavy atom. The number of nitrogens with one attached hydrogen (secondary N) is 1. The summed E-state index contributed by atoms with van der Waals surface area (Å²) >= 11 is 0. The zero-order valence-electron chi connectivity index (χ0n) is 12.4. The molecule has 0 amide bonds. The topological polar surface area (TPSA) is 21.3 Å². The van der Waals surface area contributed by atoms with Gasteiger partial charge in [0.25, 0.3) is 0 Å². The van der Waals surface area contributed by atoms with Crippen LogP contribution in [-0.4, -0.2) is 19.7 Å². The van der Waals surface area contributed by atoms with Crippen LogP contribution in [-0.2, 0) is 6.42 Å². The molecule has 2 heteroatoms. The molecular formula is C16H27NO. The largest absolute Gasteiger partial charge is 0.496 e. The molecule has 1 unspecified atom stereocenters. The Kier molecular flexibility index (Phi) is 5.67. The normalized spacial score (nSPS) is 13.4. The average Bonchev–Trinajstić information content (AvgIpc) is 2.38. The van der Waals surface area contributed by atoms with Crippen LogP contribution >= 0.6 is 0 Å². The number of hydrogen-bond donors (Lipinski definition) is 1. The first-order valence-corrected chi connectivity index (χ1v) is 6.90. The quantitative estimate of drug-likeness (QED) is 0.796. The Morgan fingerprint density at radius 1 is 1.22 bits per heavy atom. The molecule has 2 nitrogen and oxygen atoms in total. The van der Waals surface area contributed by atoms with Gasteiger partial charge in [-0.25, -0.2) is 0 Å². The number of rotatable bonds is 7. The molecule has 0 saturated carbocycles. The molecule has 0 spiro atoms.